The number of ether oxygens (including phenoxy) is 1. The van der Waals surface area contributed by atoms with Gasteiger partial charge in [0.1, 0.15) is 17.7 Å². The van der Waals surface area contributed by atoms with E-state index >= 15 is 0 Å². The predicted octanol–water partition coefficient (Wildman–Crippen LogP) is 3.73. The summed E-state index contributed by atoms with van der Waals surface area (Å²) in [4.78, 5) is 36.0. The second-order valence-corrected chi connectivity index (χ2v) is 7.57. The van der Waals surface area contributed by atoms with Crippen LogP contribution in [0.3, 0.4) is 0 Å². The summed E-state index contributed by atoms with van der Waals surface area (Å²) in [7, 11) is 1.55. The van der Waals surface area contributed by atoms with Crippen molar-refractivity contribution in [1.82, 2.24) is 9.78 Å². The Balaban J connectivity index is 2.44. The maximum Gasteiger partial charge on any atom is 0.282 e. The van der Waals surface area contributed by atoms with Gasteiger partial charge in [-0.05, 0) is 19.1 Å². The summed E-state index contributed by atoms with van der Waals surface area (Å²) < 4.78 is 6.89. The molecule has 1 aromatic carbocycles. The smallest absolute Gasteiger partial charge is 0.282 e. The maximum absolute atomic E-state index is 13.0. The molecule has 2 rings (SSSR count). The zero-order chi connectivity index (χ0) is 21.2. The monoisotopic (exact) mass is 427 g/mol. The average Bonchev–Trinajstić information content (AvgIpc) is 2.91. The molecule has 0 unspecified atom stereocenters. The summed E-state index contributed by atoms with van der Waals surface area (Å²) in [6.07, 6.45) is 0. The Kier molecular flexibility index (Phi) is 6.46. The minimum Gasteiger partial charge on any atom is -0.469 e. The van der Waals surface area contributed by atoms with Crippen molar-refractivity contribution >= 4 is 40.5 Å². The summed E-state index contributed by atoms with van der Waals surface area (Å²) in [6.45, 7) is 4.63. The van der Waals surface area contributed by atoms with E-state index in [0.29, 0.717) is 5.69 Å². The van der Waals surface area contributed by atoms with Gasteiger partial charge in [-0.25, -0.2) is 4.68 Å². The van der Waals surface area contributed by atoms with E-state index in [2.05, 4.69) is 5.10 Å². The van der Waals surface area contributed by atoms with E-state index in [1.807, 2.05) is 0 Å². The lowest BCUT2D eigenvalue weighted by Gasteiger charge is -2.19. The van der Waals surface area contributed by atoms with Crippen LogP contribution in [0, 0.1) is 22.5 Å². The molecule has 0 aliphatic heterocycles. The Bertz CT molecular complexity index is 953. The first-order chi connectivity index (χ1) is 13.0. The van der Waals surface area contributed by atoms with Crippen LogP contribution in [-0.4, -0.2) is 38.8 Å². The molecular weight excluding hydrogens is 409 g/mol. The SMILES string of the molecule is Cc1nn(C)c(OCC(=O)C(C)(C)CCl)c1C(=O)c1ccc(Cl)cc1[N+](=O)[O-]. The van der Waals surface area contributed by atoms with Crippen molar-refractivity contribution in [2.24, 2.45) is 12.5 Å². The highest BCUT2D eigenvalue weighted by atomic mass is 35.5. The molecule has 1 aromatic heterocycles. The minimum absolute atomic E-state index is 0.0457. The van der Waals surface area contributed by atoms with E-state index in [-0.39, 0.29) is 40.3 Å². The van der Waals surface area contributed by atoms with Crippen molar-refractivity contribution in [3.63, 3.8) is 0 Å². The molecule has 10 heteroatoms. The lowest BCUT2D eigenvalue weighted by molar-refractivity contribution is -0.385. The van der Waals surface area contributed by atoms with Gasteiger partial charge in [-0.2, -0.15) is 5.10 Å². The number of halogens is 2. The van der Waals surface area contributed by atoms with Crippen molar-refractivity contribution in [1.29, 1.82) is 0 Å². The van der Waals surface area contributed by atoms with Crippen LogP contribution in [-0.2, 0) is 11.8 Å². The van der Waals surface area contributed by atoms with Gasteiger partial charge in [0, 0.05) is 29.4 Å². The fourth-order valence-corrected chi connectivity index (χ4v) is 2.77. The van der Waals surface area contributed by atoms with Crippen molar-refractivity contribution in [3.05, 3.63) is 50.2 Å². The quantitative estimate of drug-likeness (QED) is 0.275. The third-order valence-corrected chi connectivity index (χ3v) is 5.13. The Morgan fingerprint density at radius 1 is 1.36 bits per heavy atom. The molecule has 150 valence electrons. The first-order valence-corrected chi connectivity index (χ1v) is 9.15. The molecule has 2 aromatic rings. The van der Waals surface area contributed by atoms with Gasteiger partial charge in [0.05, 0.1) is 10.6 Å². The topological polar surface area (TPSA) is 104 Å². The highest BCUT2D eigenvalue weighted by Gasteiger charge is 2.31. The highest BCUT2D eigenvalue weighted by molar-refractivity contribution is 6.31. The zero-order valence-corrected chi connectivity index (χ0v) is 17.3. The molecule has 28 heavy (non-hydrogen) atoms. The largest absolute Gasteiger partial charge is 0.469 e. The van der Waals surface area contributed by atoms with E-state index in [1.54, 1.807) is 27.8 Å². The van der Waals surface area contributed by atoms with Gasteiger partial charge in [0.25, 0.3) is 5.69 Å². The number of carbonyl (C=O) groups is 2. The van der Waals surface area contributed by atoms with Gasteiger partial charge >= 0.3 is 0 Å². The van der Waals surface area contributed by atoms with Crippen molar-refractivity contribution in [2.45, 2.75) is 20.8 Å². The molecule has 0 bridgehead atoms. The van der Waals surface area contributed by atoms with Crippen LogP contribution in [0.2, 0.25) is 5.02 Å². The maximum atomic E-state index is 13.0. The molecule has 8 nitrogen and oxygen atoms in total. The molecule has 0 saturated carbocycles. The molecule has 0 spiro atoms. The second kappa shape index (κ2) is 8.28. The van der Waals surface area contributed by atoms with Crippen molar-refractivity contribution in [2.75, 3.05) is 12.5 Å². The van der Waals surface area contributed by atoms with Crippen molar-refractivity contribution < 1.29 is 19.2 Å². The Hall–Kier alpha value is -2.45. The number of nitrogens with zero attached hydrogens (tertiary/aromatic N) is 3. The van der Waals surface area contributed by atoms with Crippen molar-refractivity contribution in [3.8, 4) is 5.88 Å². The number of nitro benzene ring substituents is 1. The van der Waals surface area contributed by atoms with Crippen LogP contribution in [0.15, 0.2) is 18.2 Å². The van der Waals surface area contributed by atoms with Gasteiger partial charge in [-0.3, -0.25) is 19.7 Å². The number of aromatic nitrogens is 2. The first-order valence-electron chi connectivity index (χ1n) is 8.24. The number of hydrogen-bond acceptors (Lipinski definition) is 6. The molecular formula is C18H19Cl2N3O5. The lowest BCUT2D eigenvalue weighted by Crippen LogP contribution is -2.31. The van der Waals surface area contributed by atoms with E-state index in [1.165, 1.54) is 16.8 Å². The fourth-order valence-electron chi connectivity index (χ4n) is 2.45. The summed E-state index contributed by atoms with van der Waals surface area (Å²) in [5.41, 5.74) is -1.01. The molecule has 0 amide bonds. The fraction of sp³-hybridized carbons (Fsp3) is 0.389. The third-order valence-electron chi connectivity index (χ3n) is 4.23. The minimum atomic E-state index is -0.797. The van der Waals surface area contributed by atoms with Gasteiger partial charge in [-0.15, -0.1) is 11.6 Å². The van der Waals surface area contributed by atoms with Crippen LogP contribution in [0.25, 0.3) is 0 Å². The van der Waals surface area contributed by atoms with E-state index in [4.69, 9.17) is 27.9 Å². The van der Waals surface area contributed by atoms with E-state index in [9.17, 15) is 19.7 Å². The normalized spacial score (nSPS) is 11.4. The molecule has 0 fully saturated rings. The number of benzene rings is 1. The Morgan fingerprint density at radius 3 is 2.57 bits per heavy atom. The van der Waals surface area contributed by atoms with Crippen LogP contribution in [0.5, 0.6) is 5.88 Å². The molecule has 0 atom stereocenters. The molecule has 0 saturated heterocycles. The van der Waals surface area contributed by atoms with Gasteiger partial charge < -0.3 is 4.74 Å². The summed E-state index contributed by atoms with van der Waals surface area (Å²) in [6, 6.07) is 3.77. The molecule has 0 aliphatic rings. The van der Waals surface area contributed by atoms with Crippen LogP contribution in [0.1, 0.15) is 35.5 Å². The van der Waals surface area contributed by atoms with Crippen LogP contribution >= 0.6 is 23.2 Å². The average molecular weight is 428 g/mol. The number of hydrogen-bond donors (Lipinski definition) is 0. The van der Waals surface area contributed by atoms with Gasteiger partial charge in [0.15, 0.2) is 5.78 Å². The number of carbonyl (C=O) groups excluding carboxylic acids is 2. The summed E-state index contributed by atoms with van der Waals surface area (Å²) in [5.74, 6) is -0.738. The Morgan fingerprint density at radius 2 is 2.00 bits per heavy atom. The predicted molar refractivity (Wildman–Crippen MR) is 104 cm³/mol. The number of Topliss-reactive ketones (excluding diaryl/α,β-unsaturated/α-hetero) is 1. The summed E-state index contributed by atoms with van der Waals surface area (Å²) >= 11 is 11.6. The lowest BCUT2D eigenvalue weighted by atomic mass is 9.91. The molecule has 0 aliphatic carbocycles. The first kappa shape index (κ1) is 21.8. The van der Waals surface area contributed by atoms with Gasteiger partial charge in [0.2, 0.25) is 11.7 Å². The van der Waals surface area contributed by atoms with Gasteiger partial charge in [-0.1, -0.05) is 25.4 Å². The number of rotatable bonds is 8. The second-order valence-electron chi connectivity index (χ2n) is 6.87. The van der Waals surface area contributed by atoms with Crippen LogP contribution < -0.4 is 4.74 Å². The highest BCUT2D eigenvalue weighted by Crippen LogP contribution is 2.31. The molecule has 0 N–H and O–H groups in total. The van der Waals surface area contributed by atoms with Crippen LogP contribution in [0.4, 0.5) is 5.69 Å². The summed E-state index contributed by atoms with van der Waals surface area (Å²) in [5, 5.41) is 15.6. The number of aryl methyl sites for hydroxylation is 2. The molecule has 0 radical (unpaired) electrons. The zero-order valence-electron chi connectivity index (χ0n) is 15.8. The Labute approximate surface area is 171 Å². The standard InChI is InChI=1S/C18H19Cl2N3O5/c1-10-15(16(25)12-6-5-11(20)7-13(12)23(26)27)17(22(4)21-10)28-8-14(24)18(2,3)9-19/h5-7H,8-9H2,1-4H3. The van der Waals surface area contributed by atoms with E-state index < -0.39 is 21.8 Å². The number of ketones is 2. The number of alkyl halides is 1. The third kappa shape index (κ3) is 4.34. The molecule has 1 heterocycles. The van der Waals surface area contributed by atoms with E-state index in [0.717, 1.165) is 6.07 Å². The number of nitro groups is 1.